The van der Waals surface area contributed by atoms with Crippen molar-refractivity contribution in [2.75, 3.05) is 7.11 Å². The van der Waals surface area contributed by atoms with Crippen LogP contribution in [0.4, 0.5) is 4.79 Å². The van der Waals surface area contributed by atoms with Crippen LogP contribution in [0, 0.1) is 11.8 Å². The van der Waals surface area contributed by atoms with Gasteiger partial charge in [0.25, 0.3) is 0 Å². The number of ether oxygens (including phenoxy) is 2. The normalized spacial score (nSPS) is 13.0. The molecular formula is C18H25NO5. The number of carbonyl (C=O) groups is 3. The average Bonchev–Trinajstić information content (AvgIpc) is 2.57. The molecule has 1 aromatic rings. The fraction of sp³-hybridized carbons (Fsp3) is 0.500. The third-order valence-corrected chi connectivity index (χ3v) is 3.76. The standard InChI is InChI=1S/C18H25NO5/c1-12(2)15(17(21)23-4)10-16(20)13(3)19-18(22)24-11-14-8-6-5-7-9-14/h5-9,12-13,15H,10-11H2,1-4H3,(H,19,22)/t13-,15-/m0/s1. The lowest BCUT2D eigenvalue weighted by atomic mass is 9.89. The summed E-state index contributed by atoms with van der Waals surface area (Å²) in [6.07, 6.45) is -0.649. The summed E-state index contributed by atoms with van der Waals surface area (Å²) in [5.74, 6) is -1.21. The predicted molar refractivity (Wildman–Crippen MR) is 89.2 cm³/mol. The second-order valence-electron chi connectivity index (χ2n) is 5.97. The van der Waals surface area contributed by atoms with E-state index in [1.54, 1.807) is 6.92 Å². The highest BCUT2D eigenvalue weighted by Crippen LogP contribution is 2.18. The van der Waals surface area contributed by atoms with Crippen molar-refractivity contribution in [3.05, 3.63) is 35.9 Å². The molecule has 0 aliphatic carbocycles. The number of carbonyl (C=O) groups excluding carboxylic acids is 3. The van der Waals surface area contributed by atoms with Crippen molar-refractivity contribution in [1.29, 1.82) is 0 Å². The van der Waals surface area contributed by atoms with Crippen LogP contribution < -0.4 is 5.32 Å². The molecule has 0 saturated carbocycles. The third kappa shape index (κ3) is 6.40. The molecule has 1 N–H and O–H groups in total. The van der Waals surface area contributed by atoms with E-state index in [1.165, 1.54) is 7.11 Å². The molecule has 1 aromatic carbocycles. The van der Waals surface area contributed by atoms with Gasteiger partial charge in [-0.25, -0.2) is 4.79 Å². The Morgan fingerprint density at radius 3 is 2.25 bits per heavy atom. The number of nitrogens with one attached hydrogen (secondary N) is 1. The molecule has 1 amide bonds. The van der Waals surface area contributed by atoms with Crippen LogP contribution in [0.5, 0.6) is 0 Å². The first-order valence-electron chi connectivity index (χ1n) is 7.92. The number of esters is 1. The van der Waals surface area contributed by atoms with Crippen LogP contribution in [0.15, 0.2) is 30.3 Å². The summed E-state index contributed by atoms with van der Waals surface area (Å²) < 4.78 is 9.80. The van der Waals surface area contributed by atoms with Gasteiger partial charge in [-0.2, -0.15) is 0 Å². The van der Waals surface area contributed by atoms with Crippen molar-refractivity contribution < 1.29 is 23.9 Å². The lowest BCUT2D eigenvalue weighted by molar-refractivity contribution is -0.149. The lowest BCUT2D eigenvalue weighted by Crippen LogP contribution is -2.40. The van der Waals surface area contributed by atoms with Gasteiger partial charge in [0.1, 0.15) is 6.61 Å². The summed E-state index contributed by atoms with van der Waals surface area (Å²) in [5, 5.41) is 2.49. The molecule has 0 bridgehead atoms. The van der Waals surface area contributed by atoms with Crippen molar-refractivity contribution in [2.45, 2.75) is 39.8 Å². The van der Waals surface area contributed by atoms with Gasteiger partial charge in [-0.15, -0.1) is 0 Å². The summed E-state index contributed by atoms with van der Waals surface area (Å²) in [7, 11) is 1.30. The van der Waals surface area contributed by atoms with E-state index in [9.17, 15) is 14.4 Å². The molecule has 0 unspecified atom stereocenters. The Bertz CT molecular complexity index is 556. The molecule has 24 heavy (non-hydrogen) atoms. The zero-order valence-corrected chi connectivity index (χ0v) is 14.6. The molecule has 132 valence electrons. The largest absolute Gasteiger partial charge is 0.469 e. The van der Waals surface area contributed by atoms with Crippen LogP contribution in [0.1, 0.15) is 32.8 Å². The van der Waals surface area contributed by atoms with Gasteiger partial charge in [0.15, 0.2) is 5.78 Å². The molecule has 2 atom stereocenters. The number of hydrogen-bond acceptors (Lipinski definition) is 5. The molecule has 0 radical (unpaired) electrons. The van der Waals surface area contributed by atoms with E-state index in [2.05, 4.69) is 5.32 Å². The van der Waals surface area contributed by atoms with Gasteiger partial charge in [-0.1, -0.05) is 44.2 Å². The van der Waals surface area contributed by atoms with Crippen molar-refractivity contribution in [3.8, 4) is 0 Å². The number of amides is 1. The third-order valence-electron chi connectivity index (χ3n) is 3.76. The number of ketones is 1. The molecule has 0 aliphatic heterocycles. The van der Waals surface area contributed by atoms with E-state index in [4.69, 9.17) is 9.47 Å². The molecule has 0 saturated heterocycles. The summed E-state index contributed by atoms with van der Waals surface area (Å²) >= 11 is 0. The zero-order chi connectivity index (χ0) is 18.1. The number of Topliss-reactive ketones (excluding diaryl/α,β-unsaturated/α-hetero) is 1. The minimum atomic E-state index is -0.737. The lowest BCUT2D eigenvalue weighted by Gasteiger charge is -2.20. The minimum Gasteiger partial charge on any atom is -0.469 e. The summed E-state index contributed by atoms with van der Waals surface area (Å²) in [6, 6.07) is 8.51. The second-order valence-corrected chi connectivity index (χ2v) is 5.97. The Balaban J connectivity index is 2.47. The van der Waals surface area contributed by atoms with Crippen LogP contribution in [-0.4, -0.2) is 31.0 Å². The summed E-state index contributed by atoms with van der Waals surface area (Å²) in [4.78, 5) is 35.7. The van der Waals surface area contributed by atoms with Crippen molar-refractivity contribution in [2.24, 2.45) is 11.8 Å². The van der Waals surface area contributed by atoms with E-state index in [0.717, 1.165) is 5.56 Å². The van der Waals surface area contributed by atoms with Gasteiger partial charge in [0.2, 0.25) is 0 Å². The Morgan fingerprint density at radius 1 is 1.08 bits per heavy atom. The fourth-order valence-corrected chi connectivity index (χ4v) is 2.16. The Kier molecular flexibility index (Phi) is 7.95. The molecule has 1 rings (SSSR count). The van der Waals surface area contributed by atoms with Crippen LogP contribution in [0.25, 0.3) is 0 Å². The highest BCUT2D eigenvalue weighted by atomic mass is 16.5. The van der Waals surface area contributed by atoms with Gasteiger partial charge < -0.3 is 14.8 Å². The monoisotopic (exact) mass is 335 g/mol. The molecule has 0 aromatic heterocycles. The number of benzene rings is 1. The van der Waals surface area contributed by atoms with Crippen molar-refractivity contribution in [3.63, 3.8) is 0 Å². The van der Waals surface area contributed by atoms with E-state index in [-0.39, 0.29) is 24.7 Å². The molecule has 0 fully saturated rings. The molecule has 0 aliphatic rings. The first-order chi connectivity index (χ1) is 11.3. The Morgan fingerprint density at radius 2 is 1.71 bits per heavy atom. The van der Waals surface area contributed by atoms with Gasteiger partial charge in [-0.3, -0.25) is 9.59 Å². The van der Waals surface area contributed by atoms with E-state index < -0.39 is 24.0 Å². The summed E-state index contributed by atoms with van der Waals surface area (Å²) in [6.45, 7) is 5.40. The van der Waals surface area contributed by atoms with Crippen LogP contribution in [-0.2, 0) is 25.7 Å². The van der Waals surface area contributed by atoms with E-state index in [0.29, 0.717) is 0 Å². The van der Waals surface area contributed by atoms with Gasteiger partial charge in [0.05, 0.1) is 19.1 Å². The number of rotatable bonds is 8. The highest BCUT2D eigenvalue weighted by Gasteiger charge is 2.28. The highest BCUT2D eigenvalue weighted by molar-refractivity contribution is 5.90. The second kappa shape index (κ2) is 9.70. The number of alkyl carbamates (subject to hydrolysis) is 1. The van der Waals surface area contributed by atoms with E-state index >= 15 is 0 Å². The quantitative estimate of drug-likeness (QED) is 0.739. The maximum atomic E-state index is 12.2. The Labute approximate surface area is 142 Å². The van der Waals surface area contributed by atoms with Gasteiger partial charge in [0, 0.05) is 6.42 Å². The topological polar surface area (TPSA) is 81.7 Å². The van der Waals surface area contributed by atoms with E-state index in [1.807, 2.05) is 44.2 Å². The first-order valence-corrected chi connectivity index (χ1v) is 7.92. The van der Waals surface area contributed by atoms with Crippen molar-refractivity contribution >= 4 is 17.8 Å². The molecule has 0 heterocycles. The Hall–Kier alpha value is -2.37. The SMILES string of the molecule is COC(=O)[C@@H](CC(=O)[C@H](C)NC(=O)OCc1ccccc1)C(C)C. The molecule has 6 heteroatoms. The first kappa shape index (κ1) is 19.7. The van der Waals surface area contributed by atoms with Gasteiger partial charge >= 0.3 is 12.1 Å². The molecular weight excluding hydrogens is 310 g/mol. The zero-order valence-electron chi connectivity index (χ0n) is 14.6. The van der Waals surface area contributed by atoms with Crippen LogP contribution >= 0.6 is 0 Å². The predicted octanol–water partition coefficient (Wildman–Crippen LogP) is 2.71. The summed E-state index contributed by atoms with van der Waals surface area (Å²) in [5.41, 5.74) is 0.859. The maximum absolute atomic E-state index is 12.2. The number of hydrogen-bond donors (Lipinski definition) is 1. The fourth-order valence-electron chi connectivity index (χ4n) is 2.16. The number of methoxy groups -OCH3 is 1. The van der Waals surface area contributed by atoms with Crippen molar-refractivity contribution in [1.82, 2.24) is 5.32 Å². The van der Waals surface area contributed by atoms with Gasteiger partial charge in [-0.05, 0) is 18.4 Å². The smallest absolute Gasteiger partial charge is 0.408 e. The molecule has 0 spiro atoms. The van der Waals surface area contributed by atoms with Crippen LogP contribution in [0.2, 0.25) is 0 Å². The average molecular weight is 335 g/mol. The molecule has 6 nitrogen and oxygen atoms in total. The maximum Gasteiger partial charge on any atom is 0.408 e. The van der Waals surface area contributed by atoms with Crippen LogP contribution in [0.3, 0.4) is 0 Å². The minimum absolute atomic E-state index is 0.0183.